The van der Waals surface area contributed by atoms with Gasteiger partial charge in [0, 0.05) is 12.6 Å². The maximum absolute atomic E-state index is 11.8. The van der Waals surface area contributed by atoms with Gasteiger partial charge in [-0.1, -0.05) is 12.2 Å². The number of likely N-dealkylation sites (N-methyl/N-ethyl adjacent to an activating group) is 1. The second-order valence-corrected chi connectivity index (χ2v) is 4.17. The molecule has 1 aliphatic heterocycles. The molecule has 1 heterocycles. The van der Waals surface area contributed by atoms with Crippen LogP contribution in [0.4, 0.5) is 0 Å². The quantitative estimate of drug-likeness (QED) is 0.618. The van der Waals surface area contributed by atoms with Crippen molar-refractivity contribution in [3.8, 4) is 0 Å². The van der Waals surface area contributed by atoms with Gasteiger partial charge in [0.1, 0.15) is 0 Å². The van der Waals surface area contributed by atoms with Gasteiger partial charge in [0.05, 0.1) is 6.54 Å². The van der Waals surface area contributed by atoms with Crippen LogP contribution in [0.25, 0.3) is 0 Å². The van der Waals surface area contributed by atoms with E-state index in [4.69, 9.17) is 0 Å². The van der Waals surface area contributed by atoms with Gasteiger partial charge in [0.15, 0.2) is 0 Å². The Hall–Kier alpha value is -0.830. The van der Waals surface area contributed by atoms with Crippen LogP contribution < -0.4 is 0 Å². The predicted molar refractivity (Wildman–Crippen MR) is 58.1 cm³/mol. The number of hydrogen-bond acceptors (Lipinski definition) is 2. The van der Waals surface area contributed by atoms with Crippen LogP contribution in [0.5, 0.6) is 0 Å². The Labute approximate surface area is 86.4 Å². The summed E-state index contributed by atoms with van der Waals surface area (Å²) in [6.45, 7) is 3.50. The predicted octanol–water partition coefficient (Wildman–Crippen LogP) is 1.12. The highest BCUT2D eigenvalue weighted by Gasteiger charge is 2.19. The van der Waals surface area contributed by atoms with E-state index in [9.17, 15) is 4.79 Å². The molecule has 0 fully saturated rings. The first-order valence-electron chi connectivity index (χ1n) is 5.20. The smallest absolute Gasteiger partial charge is 0.236 e. The molecule has 3 nitrogen and oxygen atoms in total. The molecule has 1 atom stereocenters. The Morgan fingerprint density at radius 3 is 2.86 bits per heavy atom. The van der Waals surface area contributed by atoms with E-state index in [1.54, 1.807) is 0 Å². The largest absolute Gasteiger partial charge is 0.338 e. The standard InChI is InChI=1S/C11H20N2O/c1-10-7-5-4-6-8-13(10)11(14)9-12(2)3/h4-5,10H,6-9H2,1-3H3/t10-/m0/s1. The van der Waals surface area contributed by atoms with Gasteiger partial charge in [-0.05, 0) is 33.9 Å². The summed E-state index contributed by atoms with van der Waals surface area (Å²) in [7, 11) is 3.86. The molecule has 0 saturated carbocycles. The highest BCUT2D eigenvalue weighted by atomic mass is 16.2. The van der Waals surface area contributed by atoms with Gasteiger partial charge in [0.25, 0.3) is 0 Å². The lowest BCUT2D eigenvalue weighted by Gasteiger charge is -2.28. The summed E-state index contributed by atoms with van der Waals surface area (Å²) < 4.78 is 0. The topological polar surface area (TPSA) is 23.6 Å². The normalized spacial score (nSPS) is 22.6. The lowest BCUT2D eigenvalue weighted by atomic mass is 10.2. The molecule has 0 aliphatic carbocycles. The van der Waals surface area contributed by atoms with Gasteiger partial charge in [0.2, 0.25) is 5.91 Å². The van der Waals surface area contributed by atoms with Crippen LogP contribution in [0, 0.1) is 0 Å². The zero-order valence-corrected chi connectivity index (χ0v) is 9.36. The van der Waals surface area contributed by atoms with E-state index in [0.717, 1.165) is 19.4 Å². The molecule has 0 aromatic carbocycles. The number of nitrogens with zero attached hydrogens (tertiary/aromatic N) is 2. The third-order valence-corrected chi connectivity index (χ3v) is 2.48. The zero-order chi connectivity index (χ0) is 10.6. The fourth-order valence-electron chi connectivity index (χ4n) is 1.70. The van der Waals surface area contributed by atoms with Gasteiger partial charge in [-0.2, -0.15) is 0 Å². The highest BCUT2D eigenvalue weighted by Crippen LogP contribution is 2.11. The molecule has 0 aromatic rings. The molecule has 0 unspecified atom stereocenters. The molecular weight excluding hydrogens is 176 g/mol. The summed E-state index contributed by atoms with van der Waals surface area (Å²) in [6, 6.07) is 0.348. The van der Waals surface area contributed by atoms with Crippen molar-refractivity contribution in [3.63, 3.8) is 0 Å². The zero-order valence-electron chi connectivity index (χ0n) is 9.36. The van der Waals surface area contributed by atoms with Crippen molar-refractivity contribution in [3.05, 3.63) is 12.2 Å². The molecule has 0 aromatic heterocycles. The lowest BCUT2D eigenvalue weighted by molar-refractivity contribution is -0.133. The van der Waals surface area contributed by atoms with Gasteiger partial charge in [-0.25, -0.2) is 0 Å². The average Bonchev–Trinajstić information content (AvgIpc) is 2.28. The van der Waals surface area contributed by atoms with E-state index in [1.165, 1.54) is 0 Å². The first-order valence-corrected chi connectivity index (χ1v) is 5.20. The van der Waals surface area contributed by atoms with Crippen LogP contribution in [0.15, 0.2) is 12.2 Å². The van der Waals surface area contributed by atoms with Gasteiger partial charge < -0.3 is 9.80 Å². The minimum atomic E-state index is 0.242. The monoisotopic (exact) mass is 196 g/mol. The van der Waals surface area contributed by atoms with Crippen LogP contribution >= 0.6 is 0 Å². The van der Waals surface area contributed by atoms with Crippen molar-refractivity contribution in [2.24, 2.45) is 0 Å². The molecule has 0 radical (unpaired) electrons. The third kappa shape index (κ3) is 3.14. The van der Waals surface area contributed by atoms with Crippen molar-refractivity contribution < 1.29 is 4.79 Å². The van der Waals surface area contributed by atoms with E-state index in [0.29, 0.717) is 12.6 Å². The Morgan fingerprint density at radius 1 is 1.50 bits per heavy atom. The summed E-state index contributed by atoms with van der Waals surface area (Å²) in [6.07, 6.45) is 6.32. The Morgan fingerprint density at radius 2 is 2.21 bits per heavy atom. The van der Waals surface area contributed by atoms with E-state index in [-0.39, 0.29) is 5.91 Å². The first kappa shape index (κ1) is 11.2. The van der Waals surface area contributed by atoms with Crippen molar-refractivity contribution in [1.82, 2.24) is 9.80 Å². The summed E-state index contributed by atoms with van der Waals surface area (Å²) in [5, 5.41) is 0. The van der Waals surface area contributed by atoms with E-state index < -0.39 is 0 Å². The molecular formula is C11H20N2O. The minimum absolute atomic E-state index is 0.242. The average molecular weight is 196 g/mol. The molecule has 0 saturated heterocycles. The van der Waals surface area contributed by atoms with Crippen molar-refractivity contribution in [2.45, 2.75) is 25.8 Å². The third-order valence-electron chi connectivity index (χ3n) is 2.48. The first-order chi connectivity index (χ1) is 6.61. The minimum Gasteiger partial charge on any atom is -0.338 e. The van der Waals surface area contributed by atoms with Crippen LogP contribution in [0.1, 0.15) is 19.8 Å². The second-order valence-electron chi connectivity index (χ2n) is 4.17. The van der Waals surface area contributed by atoms with Gasteiger partial charge >= 0.3 is 0 Å². The lowest BCUT2D eigenvalue weighted by Crippen LogP contribution is -2.42. The fraction of sp³-hybridized carbons (Fsp3) is 0.727. The van der Waals surface area contributed by atoms with E-state index in [1.807, 2.05) is 23.9 Å². The second kappa shape index (κ2) is 5.15. The van der Waals surface area contributed by atoms with Gasteiger partial charge in [-0.15, -0.1) is 0 Å². The number of amides is 1. The maximum Gasteiger partial charge on any atom is 0.236 e. The number of hydrogen-bond donors (Lipinski definition) is 0. The summed E-state index contributed by atoms with van der Waals surface area (Å²) in [5.41, 5.74) is 0. The highest BCUT2D eigenvalue weighted by molar-refractivity contribution is 5.78. The number of carbonyl (C=O) groups is 1. The van der Waals surface area contributed by atoms with Gasteiger partial charge in [-0.3, -0.25) is 4.79 Å². The van der Waals surface area contributed by atoms with Crippen molar-refractivity contribution in [1.29, 1.82) is 0 Å². The molecule has 1 rings (SSSR count). The molecule has 80 valence electrons. The summed E-state index contributed by atoms with van der Waals surface area (Å²) in [5.74, 6) is 0.242. The molecule has 0 spiro atoms. The van der Waals surface area contributed by atoms with Crippen LogP contribution in [0.2, 0.25) is 0 Å². The van der Waals surface area contributed by atoms with Crippen molar-refractivity contribution in [2.75, 3.05) is 27.2 Å². The van der Waals surface area contributed by atoms with Crippen LogP contribution in [-0.2, 0) is 4.79 Å². The van der Waals surface area contributed by atoms with E-state index >= 15 is 0 Å². The Bertz CT molecular complexity index is 223. The number of rotatable bonds is 2. The molecule has 3 heteroatoms. The summed E-state index contributed by atoms with van der Waals surface area (Å²) >= 11 is 0. The summed E-state index contributed by atoms with van der Waals surface area (Å²) in [4.78, 5) is 15.7. The molecule has 0 bridgehead atoms. The molecule has 1 aliphatic rings. The molecule has 1 amide bonds. The maximum atomic E-state index is 11.8. The number of carbonyl (C=O) groups excluding carboxylic acids is 1. The molecule has 14 heavy (non-hydrogen) atoms. The SMILES string of the molecule is C[C@H]1CC=CCCN1C(=O)CN(C)C. The Balaban J connectivity index is 2.52. The van der Waals surface area contributed by atoms with Crippen LogP contribution in [0.3, 0.4) is 0 Å². The Kier molecular flexibility index (Phi) is 4.14. The van der Waals surface area contributed by atoms with Crippen LogP contribution in [-0.4, -0.2) is 48.9 Å². The molecule has 0 N–H and O–H groups in total. The fourth-order valence-corrected chi connectivity index (χ4v) is 1.70. The van der Waals surface area contributed by atoms with E-state index in [2.05, 4.69) is 19.1 Å². The van der Waals surface area contributed by atoms with Crippen molar-refractivity contribution >= 4 is 5.91 Å².